The number of morpholine rings is 1. The first-order valence-corrected chi connectivity index (χ1v) is 11.8. The number of benzene rings is 1. The van der Waals surface area contributed by atoms with E-state index < -0.39 is 17.7 Å². The molecule has 2 aliphatic rings. The fourth-order valence-corrected chi connectivity index (χ4v) is 4.88. The molecule has 1 aromatic carbocycles. The second-order valence-corrected chi connectivity index (χ2v) is 8.73. The van der Waals surface area contributed by atoms with Crippen LogP contribution in [-0.2, 0) is 9.53 Å². The highest BCUT2D eigenvalue weighted by Crippen LogP contribution is 2.40. The van der Waals surface area contributed by atoms with Crippen LogP contribution < -0.4 is 4.74 Å². The van der Waals surface area contributed by atoms with Gasteiger partial charge in [0.05, 0.1) is 36.3 Å². The normalized spacial score (nSPS) is 19.6. The van der Waals surface area contributed by atoms with Crippen LogP contribution in [0.3, 0.4) is 0 Å². The van der Waals surface area contributed by atoms with Crippen LogP contribution in [0.5, 0.6) is 5.75 Å². The maximum Gasteiger partial charge on any atom is 0.290 e. The number of Topliss-reactive ketones (excluding diaryl/α,β-unsaturated/α-hetero) is 1. The van der Waals surface area contributed by atoms with E-state index >= 15 is 0 Å². The first-order valence-electron chi connectivity index (χ1n) is 10.9. The van der Waals surface area contributed by atoms with Gasteiger partial charge in [-0.25, -0.2) is 0 Å². The van der Waals surface area contributed by atoms with Crippen LogP contribution in [0.1, 0.15) is 34.6 Å². The Morgan fingerprint density at radius 2 is 1.94 bits per heavy atom. The largest absolute Gasteiger partial charge is 0.503 e. The van der Waals surface area contributed by atoms with Crippen LogP contribution >= 0.6 is 11.3 Å². The fourth-order valence-electron chi connectivity index (χ4n) is 4.21. The molecule has 1 atom stereocenters. The van der Waals surface area contributed by atoms with Gasteiger partial charge in [0.15, 0.2) is 5.76 Å². The van der Waals surface area contributed by atoms with Gasteiger partial charge in [0.1, 0.15) is 5.75 Å². The van der Waals surface area contributed by atoms with Crippen molar-refractivity contribution in [3.63, 3.8) is 0 Å². The van der Waals surface area contributed by atoms with E-state index in [1.54, 1.807) is 17.0 Å². The molecule has 2 aliphatic heterocycles. The number of aliphatic hydroxyl groups excluding tert-OH is 1. The molecular weight excluding hydrogens is 428 g/mol. The number of thiophene rings is 1. The van der Waals surface area contributed by atoms with Crippen LogP contribution in [0.25, 0.3) is 0 Å². The van der Waals surface area contributed by atoms with Gasteiger partial charge in [-0.2, -0.15) is 0 Å². The number of ketones is 1. The summed E-state index contributed by atoms with van der Waals surface area (Å²) in [6, 6.07) is 10.3. The van der Waals surface area contributed by atoms with Crippen molar-refractivity contribution in [2.24, 2.45) is 0 Å². The van der Waals surface area contributed by atoms with E-state index in [0.29, 0.717) is 18.0 Å². The average Bonchev–Trinajstić information content (AvgIpc) is 3.43. The van der Waals surface area contributed by atoms with E-state index in [-0.39, 0.29) is 11.4 Å². The average molecular weight is 457 g/mol. The standard InChI is InChI=1S/C24H28N2O5S/c1-2-31-18-8-6-17(7-9-18)21-20(22(27)19-5-3-16-32-19)23(28)24(29)26(21)11-4-10-25-12-14-30-15-13-25/h3,5-9,16,21,28H,2,4,10-15H2,1H3/t21-/m1/s1. The zero-order chi connectivity index (χ0) is 22.5. The maximum atomic E-state index is 13.3. The van der Waals surface area contributed by atoms with Crippen LogP contribution in [0.2, 0.25) is 0 Å². The molecule has 32 heavy (non-hydrogen) atoms. The van der Waals surface area contributed by atoms with Gasteiger partial charge >= 0.3 is 0 Å². The summed E-state index contributed by atoms with van der Waals surface area (Å²) < 4.78 is 10.9. The molecular formula is C24H28N2O5S. The minimum atomic E-state index is -0.627. The monoisotopic (exact) mass is 456 g/mol. The third-order valence-electron chi connectivity index (χ3n) is 5.78. The Morgan fingerprint density at radius 1 is 1.19 bits per heavy atom. The highest BCUT2D eigenvalue weighted by Gasteiger charge is 2.43. The lowest BCUT2D eigenvalue weighted by Crippen LogP contribution is -2.39. The summed E-state index contributed by atoms with van der Waals surface area (Å²) in [5.41, 5.74) is 0.921. The van der Waals surface area contributed by atoms with Gasteiger partial charge in [0, 0.05) is 26.2 Å². The van der Waals surface area contributed by atoms with Gasteiger partial charge in [0.25, 0.3) is 5.91 Å². The van der Waals surface area contributed by atoms with E-state index in [2.05, 4.69) is 4.90 Å². The highest BCUT2D eigenvalue weighted by atomic mass is 32.1. The molecule has 0 spiro atoms. The van der Waals surface area contributed by atoms with E-state index in [1.165, 1.54) is 11.3 Å². The fraction of sp³-hybridized carbons (Fsp3) is 0.417. The number of hydrogen-bond donors (Lipinski definition) is 1. The molecule has 8 heteroatoms. The quantitative estimate of drug-likeness (QED) is 0.583. The Balaban J connectivity index is 1.59. The zero-order valence-corrected chi connectivity index (χ0v) is 19.0. The maximum absolute atomic E-state index is 13.3. The van der Waals surface area contributed by atoms with E-state index in [1.807, 2.05) is 36.6 Å². The number of hydrogen-bond acceptors (Lipinski definition) is 7. The van der Waals surface area contributed by atoms with Gasteiger partial charge in [-0.05, 0) is 42.5 Å². The Bertz CT molecular complexity index is 965. The number of carbonyl (C=O) groups is 2. The SMILES string of the molecule is CCOc1ccc([C@@H]2C(C(=O)c3cccs3)=C(O)C(=O)N2CCCN2CCOCC2)cc1. The highest BCUT2D eigenvalue weighted by molar-refractivity contribution is 7.12. The summed E-state index contributed by atoms with van der Waals surface area (Å²) in [6.07, 6.45) is 0.743. The molecule has 170 valence electrons. The van der Waals surface area contributed by atoms with Crippen LogP contribution in [-0.4, -0.2) is 72.6 Å². The van der Waals surface area contributed by atoms with Crippen molar-refractivity contribution in [1.29, 1.82) is 0 Å². The number of carbonyl (C=O) groups excluding carboxylic acids is 2. The predicted molar refractivity (Wildman–Crippen MR) is 122 cm³/mol. The summed E-state index contributed by atoms with van der Waals surface area (Å²) in [4.78, 5) is 30.7. The predicted octanol–water partition coefficient (Wildman–Crippen LogP) is 3.45. The molecule has 4 rings (SSSR count). The molecule has 3 heterocycles. The van der Waals surface area contributed by atoms with Crippen molar-refractivity contribution >= 4 is 23.0 Å². The second kappa shape index (κ2) is 10.3. The molecule has 0 unspecified atom stereocenters. The summed E-state index contributed by atoms with van der Waals surface area (Å²) >= 11 is 1.30. The summed E-state index contributed by atoms with van der Waals surface area (Å²) in [5.74, 6) is -0.529. The number of amides is 1. The first kappa shape index (κ1) is 22.5. The second-order valence-electron chi connectivity index (χ2n) is 7.78. The molecule has 1 amide bonds. The lowest BCUT2D eigenvalue weighted by molar-refractivity contribution is -0.129. The molecule has 1 saturated heterocycles. The van der Waals surface area contributed by atoms with Gasteiger partial charge in [-0.15, -0.1) is 11.3 Å². The molecule has 1 fully saturated rings. The van der Waals surface area contributed by atoms with Crippen molar-refractivity contribution in [3.05, 3.63) is 63.6 Å². The van der Waals surface area contributed by atoms with E-state index in [4.69, 9.17) is 9.47 Å². The van der Waals surface area contributed by atoms with E-state index in [9.17, 15) is 14.7 Å². The molecule has 0 aliphatic carbocycles. The van der Waals surface area contributed by atoms with E-state index in [0.717, 1.165) is 50.6 Å². The third-order valence-corrected chi connectivity index (χ3v) is 6.65. The molecule has 7 nitrogen and oxygen atoms in total. The molecule has 1 N–H and O–H groups in total. The van der Waals surface area contributed by atoms with Gasteiger partial charge < -0.3 is 19.5 Å². The molecule has 2 aromatic rings. The van der Waals surface area contributed by atoms with Crippen LogP contribution in [0.15, 0.2) is 53.1 Å². The molecule has 0 radical (unpaired) electrons. The smallest absolute Gasteiger partial charge is 0.290 e. The molecule has 1 aromatic heterocycles. The van der Waals surface area contributed by atoms with Crippen LogP contribution in [0, 0.1) is 0 Å². The van der Waals surface area contributed by atoms with Gasteiger partial charge in [-0.3, -0.25) is 14.5 Å². The topological polar surface area (TPSA) is 79.3 Å². The first-order chi connectivity index (χ1) is 15.6. The van der Waals surface area contributed by atoms with Crippen molar-refractivity contribution in [1.82, 2.24) is 9.80 Å². The van der Waals surface area contributed by atoms with Crippen molar-refractivity contribution in [3.8, 4) is 5.75 Å². The number of nitrogens with zero attached hydrogens (tertiary/aromatic N) is 2. The number of ether oxygens (including phenoxy) is 2. The summed E-state index contributed by atoms with van der Waals surface area (Å²) in [7, 11) is 0. The number of rotatable bonds is 9. The molecule has 0 bridgehead atoms. The number of aliphatic hydroxyl groups is 1. The van der Waals surface area contributed by atoms with Gasteiger partial charge in [-0.1, -0.05) is 18.2 Å². The Hall–Kier alpha value is -2.68. The Kier molecular flexibility index (Phi) is 7.24. The van der Waals surface area contributed by atoms with Crippen molar-refractivity contribution < 1.29 is 24.2 Å². The Morgan fingerprint density at radius 3 is 2.59 bits per heavy atom. The minimum absolute atomic E-state index is 0.146. The van der Waals surface area contributed by atoms with Crippen molar-refractivity contribution in [2.75, 3.05) is 46.0 Å². The summed E-state index contributed by atoms with van der Waals surface area (Å²) in [5, 5.41) is 12.5. The lowest BCUT2D eigenvalue weighted by atomic mass is 9.95. The Labute approximate surface area is 191 Å². The lowest BCUT2D eigenvalue weighted by Gasteiger charge is -2.30. The van der Waals surface area contributed by atoms with Crippen LogP contribution in [0.4, 0.5) is 0 Å². The molecule has 0 saturated carbocycles. The summed E-state index contributed by atoms with van der Waals surface area (Å²) in [6.45, 7) is 6.94. The third kappa shape index (κ3) is 4.72. The minimum Gasteiger partial charge on any atom is -0.503 e. The van der Waals surface area contributed by atoms with Gasteiger partial charge in [0.2, 0.25) is 5.78 Å². The zero-order valence-electron chi connectivity index (χ0n) is 18.2. The van der Waals surface area contributed by atoms with Crippen molar-refractivity contribution in [2.45, 2.75) is 19.4 Å².